The molecule has 0 saturated carbocycles. The van der Waals surface area contributed by atoms with E-state index in [0.717, 1.165) is 6.92 Å². The van der Waals surface area contributed by atoms with Crippen LogP contribution < -0.4 is 4.90 Å². The van der Waals surface area contributed by atoms with Gasteiger partial charge in [0.2, 0.25) is 0 Å². The van der Waals surface area contributed by atoms with E-state index in [4.69, 9.17) is 11.6 Å². The first-order chi connectivity index (χ1) is 11.7. The molecule has 2 aromatic heterocycles. The van der Waals surface area contributed by atoms with Gasteiger partial charge >= 0.3 is 6.18 Å². The molecule has 1 amide bonds. The maximum Gasteiger partial charge on any atom is 0.414 e. The molecule has 2 aromatic rings. The van der Waals surface area contributed by atoms with Crippen molar-refractivity contribution in [3.8, 4) is 5.69 Å². The first-order valence-corrected chi connectivity index (χ1v) is 7.76. The highest BCUT2D eigenvalue weighted by Crippen LogP contribution is 2.27. The van der Waals surface area contributed by atoms with Gasteiger partial charge in [0, 0.05) is 12.7 Å². The smallest absolute Gasteiger partial charge is 0.359 e. The number of carbonyl (C=O) groups is 1. The third kappa shape index (κ3) is 4.70. The van der Waals surface area contributed by atoms with Crippen LogP contribution in [-0.4, -0.2) is 46.1 Å². The van der Waals surface area contributed by atoms with E-state index < -0.39 is 24.8 Å². The number of alkyl halides is 3. The molecule has 0 spiro atoms. The molecule has 0 saturated heterocycles. The monoisotopic (exact) mass is 376 g/mol. The number of hydrogen-bond acceptors (Lipinski definition) is 4. The largest absolute Gasteiger partial charge is 0.414 e. The van der Waals surface area contributed by atoms with Gasteiger partial charge in [0.1, 0.15) is 12.3 Å². The second-order valence-corrected chi connectivity index (χ2v) is 5.45. The van der Waals surface area contributed by atoms with Gasteiger partial charge in [-0.1, -0.05) is 11.6 Å². The highest BCUT2D eigenvalue weighted by atomic mass is 35.5. The van der Waals surface area contributed by atoms with Gasteiger partial charge in [0.15, 0.2) is 11.3 Å². The number of pyridine rings is 1. The fourth-order valence-corrected chi connectivity index (χ4v) is 2.23. The highest BCUT2D eigenvalue weighted by Gasteiger charge is 2.37. The van der Waals surface area contributed by atoms with Crippen molar-refractivity contribution < 1.29 is 22.7 Å². The Hall–Kier alpha value is -2.13. The van der Waals surface area contributed by atoms with Crippen molar-refractivity contribution in [3.63, 3.8) is 0 Å². The minimum Gasteiger partial charge on any atom is -0.359 e. The zero-order valence-corrected chi connectivity index (χ0v) is 14.3. The number of rotatable bonds is 6. The SMILES string of the molecule is CCN(C(=O)COC(C)C(F)(F)F)c1cn(-c2cccnc2)nc1Cl. The predicted octanol–water partition coefficient (Wildman–Crippen LogP) is 3.24. The summed E-state index contributed by atoms with van der Waals surface area (Å²) in [6.45, 7) is 1.99. The van der Waals surface area contributed by atoms with Crippen molar-refractivity contribution in [2.75, 3.05) is 18.1 Å². The molecule has 0 aliphatic rings. The quantitative estimate of drug-likeness (QED) is 0.776. The molecule has 0 aliphatic heterocycles. The molecular weight excluding hydrogens is 361 g/mol. The number of anilines is 1. The molecule has 6 nitrogen and oxygen atoms in total. The summed E-state index contributed by atoms with van der Waals surface area (Å²) >= 11 is 6.08. The van der Waals surface area contributed by atoms with Crippen LogP contribution in [0.25, 0.3) is 5.69 Å². The lowest BCUT2D eigenvalue weighted by molar-refractivity contribution is -0.213. The maximum atomic E-state index is 12.5. The predicted molar refractivity (Wildman–Crippen MR) is 85.9 cm³/mol. The molecule has 136 valence electrons. The summed E-state index contributed by atoms with van der Waals surface area (Å²) in [6.07, 6.45) is -1.91. The minimum atomic E-state index is -4.53. The van der Waals surface area contributed by atoms with Gasteiger partial charge in [-0.25, -0.2) is 4.68 Å². The van der Waals surface area contributed by atoms with Crippen LogP contribution in [0.3, 0.4) is 0 Å². The maximum absolute atomic E-state index is 12.5. The molecule has 0 N–H and O–H groups in total. The van der Waals surface area contributed by atoms with E-state index in [1.807, 2.05) is 0 Å². The van der Waals surface area contributed by atoms with Gasteiger partial charge in [0.25, 0.3) is 5.91 Å². The van der Waals surface area contributed by atoms with E-state index in [0.29, 0.717) is 5.69 Å². The second-order valence-electron chi connectivity index (χ2n) is 5.09. The van der Waals surface area contributed by atoms with Crippen LogP contribution in [0.15, 0.2) is 30.7 Å². The van der Waals surface area contributed by atoms with Gasteiger partial charge < -0.3 is 9.64 Å². The van der Waals surface area contributed by atoms with Gasteiger partial charge in [0.05, 0.1) is 18.1 Å². The van der Waals surface area contributed by atoms with E-state index in [2.05, 4.69) is 14.8 Å². The van der Waals surface area contributed by atoms with E-state index in [1.165, 1.54) is 15.8 Å². The van der Waals surface area contributed by atoms with Crippen molar-refractivity contribution in [1.82, 2.24) is 14.8 Å². The summed E-state index contributed by atoms with van der Waals surface area (Å²) in [4.78, 5) is 17.4. The lowest BCUT2D eigenvalue weighted by Crippen LogP contribution is -2.37. The summed E-state index contributed by atoms with van der Waals surface area (Å²) in [5, 5.41) is 4.14. The Bertz CT molecular complexity index is 721. The molecule has 0 fully saturated rings. The average molecular weight is 377 g/mol. The van der Waals surface area contributed by atoms with Crippen molar-refractivity contribution in [2.24, 2.45) is 0 Å². The molecule has 0 aromatic carbocycles. The Kier molecular flexibility index (Phi) is 6.02. The lowest BCUT2D eigenvalue weighted by atomic mass is 10.4. The summed E-state index contributed by atoms with van der Waals surface area (Å²) < 4.78 is 43.4. The van der Waals surface area contributed by atoms with E-state index in [-0.39, 0.29) is 17.4 Å². The fraction of sp³-hybridized carbons (Fsp3) is 0.400. The normalized spacial score (nSPS) is 12.9. The molecule has 0 aliphatic carbocycles. The van der Waals surface area contributed by atoms with Crippen LogP contribution in [0.4, 0.5) is 18.9 Å². The van der Waals surface area contributed by atoms with E-state index in [9.17, 15) is 18.0 Å². The molecule has 1 unspecified atom stereocenters. The number of hydrogen-bond donors (Lipinski definition) is 0. The van der Waals surface area contributed by atoms with E-state index >= 15 is 0 Å². The highest BCUT2D eigenvalue weighted by molar-refractivity contribution is 6.32. The number of ether oxygens (including phenoxy) is 1. The van der Waals surface area contributed by atoms with E-state index in [1.54, 1.807) is 31.5 Å². The standard InChI is InChI=1S/C15H16ClF3N4O2/c1-3-22(13(24)9-25-10(2)15(17,18)19)12-8-23(21-14(12)16)11-5-4-6-20-7-11/h4-8,10H,3,9H2,1-2H3. The summed E-state index contributed by atoms with van der Waals surface area (Å²) in [6, 6.07) is 3.45. The van der Waals surface area contributed by atoms with Crippen LogP contribution in [0.1, 0.15) is 13.8 Å². The Morgan fingerprint density at radius 2 is 2.20 bits per heavy atom. The topological polar surface area (TPSA) is 60.2 Å². The van der Waals surface area contributed by atoms with Crippen molar-refractivity contribution in [2.45, 2.75) is 26.1 Å². The van der Waals surface area contributed by atoms with Crippen molar-refractivity contribution in [3.05, 3.63) is 35.9 Å². The number of aromatic nitrogens is 3. The number of amides is 1. The molecular formula is C15H16ClF3N4O2. The third-order valence-corrected chi connectivity index (χ3v) is 3.66. The van der Waals surface area contributed by atoms with Crippen LogP contribution in [0.2, 0.25) is 5.15 Å². The summed E-state index contributed by atoms with van der Waals surface area (Å²) in [5.74, 6) is -0.647. The van der Waals surface area contributed by atoms with Gasteiger partial charge in [-0.05, 0) is 26.0 Å². The van der Waals surface area contributed by atoms with Crippen molar-refractivity contribution >= 4 is 23.2 Å². The molecule has 1 atom stereocenters. The lowest BCUT2D eigenvalue weighted by Gasteiger charge is -2.21. The number of likely N-dealkylation sites (N-methyl/N-ethyl adjacent to an activating group) is 1. The first kappa shape index (κ1) is 19.2. The zero-order chi connectivity index (χ0) is 18.6. The van der Waals surface area contributed by atoms with Gasteiger partial charge in [-0.2, -0.15) is 18.3 Å². The zero-order valence-electron chi connectivity index (χ0n) is 13.5. The number of carbonyl (C=O) groups excluding carboxylic acids is 1. The molecule has 25 heavy (non-hydrogen) atoms. The molecule has 0 radical (unpaired) electrons. The Morgan fingerprint density at radius 1 is 1.48 bits per heavy atom. The molecule has 10 heteroatoms. The molecule has 2 rings (SSSR count). The Morgan fingerprint density at radius 3 is 2.76 bits per heavy atom. The minimum absolute atomic E-state index is 0.0444. The van der Waals surface area contributed by atoms with Crippen LogP contribution in [0, 0.1) is 0 Å². The summed E-state index contributed by atoms with van der Waals surface area (Å²) in [5.41, 5.74) is 0.905. The summed E-state index contributed by atoms with van der Waals surface area (Å²) in [7, 11) is 0. The van der Waals surface area contributed by atoms with Crippen LogP contribution in [-0.2, 0) is 9.53 Å². The van der Waals surface area contributed by atoms with Crippen molar-refractivity contribution in [1.29, 1.82) is 0 Å². The van der Waals surface area contributed by atoms with Gasteiger partial charge in [-0.3, -0.25) is 9.78 Å². The number of nitrogens with zero attached hydrogens (tertiary/aromatic N) is 4. The Balaban J connectivity index is 2.15. The third-order valence-electron chi connectivity index (χ3n) is 3.39. The molecule has 2 heterocycles. The fourth-order valence-electron chi connectivity index (χ4n) is 2.00. The van der Waals surface area contributed by atoms with Crippen LogP contribution >= 0.6 is 11.6 Å². The van der Waals surface area contributed by atoms with Gasteiger partial charge in [-0.15, -0.1) is 0 Å². The average Bonchev–Trinajstić information content (AvgIpc) is 2.95. The molecule has 0 bridgehead atoms. The second kappa shape index (κ2) is 7.83. The number of halogens is 4. The Labute approximate surface area is 147 Å². The van der Waals surface area contributed by atoms with Crippen LogP contribution in [0.5, 0.6) is 0 Å². The first-order valence-electron chi connectivity index (χ1n) is 7.38.